The Morgan fingerprint density at radius 2 is 2.08 bits per heavy atom. The number of halogens is 1. The van der Waals surface area contributed by atoms with Crippen LogP contribution in [0.5, 0.6) is 0 Å². The standard InChI is InChI=1S/C17H28FN5O2S/c1-3-19-17(20-9-10-21-26(2,24)25)22-15-7-11-23(12-8-15)16-6-4-5-14(18)13-16/h4-6,13,15,21H,3,7-12H2,1-2H3,(H2,19,20,22). The molecule has 1 aliphatic heterocycles. The van der Waals surface area contributed by atoms with E-state index in [0.29, 0.717) is 12.5 Å². The van der Waals surface area contributed by atoms with Crippen molar-refractivity contribution in [3.63, 3.8) is 0 Å². The molecule has 1 saturated heterocycles. The number of hydrogen-bond donors (Lipinski definition) is 3. The van der Waals surface area contributed by atoms with Gasteiger partial charge in [-0.3, -0.25) is 4.99 Å². The van der Waals surface area contributed by atoms with Gasteiger partial charge in [-0.25, -0.2) is 17.5 Å². The van der Waals surface area contributed by atoms with Gasteiger partial charge in [0.15, 0.2) is 5.96 Å². The van der Waals surface area contributed by atoms with Crippen molar-refractivity contribution in [1.82, 2.24) is 15.4 Å². The van der Waals surface area contributed by atoms with Gasteiger partial charge >= 0.3 is 0 Å². The summed E-state index contributed by atoms with van der Waals surface area (Å²) in [7, 11) is -3.19. The molecule has 0 unspecified atom stereocenters. The fourth-order valence-electron chi connectivity index (χ4n) is 2.87. The van der Waals surface area contributed by atoms with Crippen LogP contribution in [0, 0.1) is 5.82 Å². The molecule has 0 atom stereocenters. The lowest BCUT2D eigenvalue weighted by atomic mass is 10.0. The Bertz CT molecular complexity index is 703. The second-order valence-electron chi connectivity index (χ2n) is 6.31. The number of aliphatic imine (C=N–C) groups is 1. The Kier molecular flexibility index (Phi) is 7.65. The van der Waals surface area contributed by atoms with Gasteiger partial charge in [0.25, 0.3) is 0 Å². The number of benzene rings is 1. The van der Waals surface area contributed by atoms with E-state index < -0.39 is 10.0 Å². The number of nitrogens with zero attached hydrogens (tertiary/aromatic N) is 2. The summed E-state index contributed by atoms with van der Waals surface area (Å²) in [5.41, 5.74) is 0.913. The maximum atomic E-state index is 13.4. The predicted molar refractivity (Wildman–Crippen MR) is 104 cm³/mol. The molecule has 0 bridgehead atoms. The van der Waals surface area contributed by atoms with Gasteiger partial charge in [-0.15, -0.1) is 0 Å². The highest BCUT2D eigenvalue weighted by Crippen LogP contribution is 2.20. The van der Waals surface area contributed by atoms with Gasteiger partial charge < -0.3 is 15.5 Å². The van der Waals surface area contributed by atoms with Crippen LogP contribution >= 0.6 is 0 Å². The minimum atomic E-state index is -3.19. The Balaban J connectivity index is 1.82. The number of hydrogen-bond acceptors (Lipinski definition) is 4. The third kappa shape index (κ3) is 7.17. The normalized spacial score (nSPS) is 16.6. The fraction of sp³-hybridized carbons (Fsp3) is 0.588. The van der Waals surface area contributed by atoms with Crippen molar-refractivity contribution in [2.45, 2.75) is 25.8 Å². The van der Waals surface area contributed by atoms with Crippen LogP contribution in [0.4, 0.5) is 10.1 Å². The highest BCUT2D eigenvalue weighted by Gasteiger charge is 2.20. The second-order valence-corrected chi connectivity index (χ2v) is 8.15. The Hall–Kier alpha value is -1.87. The molecular weight excluding hydrogens is 357 g/mol. The molecule has 0 aromatic heterocycles. The smallest absolute Gasteiger partial charge is 0.208 e. The van der Waals surface area contributed by atoms with Crippen molar-refractivity contribution in [2.24, 2.45) is 4.99 Å². The summed E-state index contributed by atoms with van der Waals surface area (Å²) in [6, 6.07) is 6.96. The SMILES string of the molecule is CCNC(=NCCNS(C)(=O)=O)NC1CCN(c2cccc(F)c2)CC1. The largest absolute Gasteiger partial charge is 0.371 e. The van der Waals surface area contributed by atoms with Gasteiger partial charge in [-0.2, -0.15) is 0 Å². The van der Waals surface area contributed by atoms with Crippen LogP contribution < -0.4 is 20.3 Å². The molecule has 3 N–H and O–H groups in total. The summed E-state index contributed by atoms with van der Waals surface area (Å²) in [6.07, 6.45) is 2.97. The molecule has 0 amide bonds. The van der Waals surface area contributed by atoms with Crippen LogP contribution in [0.15, 0.2) is 29.3 Å². The van der Waals surface area contributed by atoms with E-state index in [-0.39, 0.29) is 18.4 Å². The minimum Gasteiger partial charge on any atom is -0.371 e. The Morgan fingerprint density at radius 1 is 1.35 bits per heavy atom. The number of guanidine groups is 1. The summed E-state index contributed by atoms with van der Waals surface area (Å²) in [4.78, 5) is 6.59. The van der Waals surface area contributed by atoms with Gasteiger partial charge in [-0.1, -0.05) is 6.07 Å². The fourth-order valence-corrected chi connectivity index (χ4v) is 3.33. The zero-order valence-electron chi connectivity index (χ0n) is 15.3. The highest BCUT2D eigenvalue weighted by atomic mass is 32.2. The predicted octanol–water partition coefficient (Wildman–Crippen LogP) is 0.899. The summed E-state index contributed by atoms with van der Waals surface area (Å²) < 4.78 is 37.9. The summed E-state index contributed by atoms with van der Waals surface area (Å²) in [6.45, 7) is 5.04. The van der Waals surface area contributed by atoms with Crippen molar-refractivity contribution >= 4 is 21.7 Å². The molecule has 1 fully saturated rings. The molecule has 0 aliphatic carbocycles. The average molecular weight is 386 g/mol. The van der Waals surface area contributed by atoms with Crippen LogP contribution in [0.25, 0.3) is 0 Å². The van der Waals surface area contributed by atoms with Crippen molar-refractivity contribution in [2.75, 3.05) is 43.9 Å². The van der Waals surface area contributed by atoms with E-state index in [1.165, 1.54) is 6.07 Å². The number of sulfonamides is 1. The molecule has 0 spiro atoms. The summed E-state index contributed by atoms with van der Waals surface area (Å²) >= 11 is 0. The van der Waals surface area contributed by atoms with Crippen molar-refractivity contribution in [3.8, 4) is 0 Å². The molecule has 1 heterocycles. The number of nitrogens with one attached hydrogen (secondary N) is 3. The van der Waals surface area contributed by atoms with Crippen molar-refractivity contribution in [3.05, 3.63) is 30.1 Å². The van der Waals surface area contributed by atoms with E-state index in [1.807, 2.05) is 13.0 Å². The Morgan fingerprint density at radius 3 is 2.69 bits per heavy atom. The van der Waals surface area contributed by atoms with E-state index in [9.17, 15) is 12.8 Å². The molecule has 0 radical (unpaired) electrons. The number of rotatable bonds is 7. The van der Waals surface area contributed by atoms with Gasteiger partial charge in [-0.05, 0) is 38.0 Å². The first-order valence-corrected chi connectivity index (χ1v) is 10.8. The number of anilines is 1. The molecule has 26 heavy (non-hydrogen) atoms. The first-order chi connectivity index (χ1) is 12.4. The monoisotopic (exact) mass is 385 g/mol. The van der Waals surface area contributed by atoms with Crippen LogP contribution in [-0.4, -0.2) is 59.4 Å². The quantitative estimate of drug-likeness (QED) is 0.369. The molecule has 0 saturated carbocycles. The van der Waals surface area contributed by atoms with Gasteiger partial charge in [0.05, 0.1) is 12.8 Å². The lowest BCUT2D eigenvalue weighted by Gasteiger charge is -2.34. The van der Waals surface area contributed by atoms with Gasteiger partial charge in [0.1, 0.15) is 5.82 Å². The topological polar surface area (TPSA) is 85.8 Å². The zero-order chi connectivity index (χ0) is 19.0. The summed E-state index contributed by atoms with van der Waals surface area (Å²) in [5.74, 6) is 0.471. The van der Waals surface area contributed by atoms with Crippen LogP contribution in [0.2, 0.25) is 0 Å². The van der Waals surface area contributed by atoms with Crippen molar-refractivity contribution in [1.29, 1.82) is 0 Å². The van der Waals surface area contributed by atoms with E-state index in [1.54, 1.807) is 12.1 Å². The molecule has 2 rings (SSSR count). The third-order valence-corrected chi connectivity index (χ3v) is 4.83. The van der Waals surface area contributed by atoms with E-state index >= 15 is 0 Å². The first-order valence-electron chi connectivity index (χ1n) is 8.87. The van der Waals surface area contributed by atoms with Crippen LogP contribution in [0.1, 0.15) is 19.8 Å². The molecule has 1 aliphatic rings. The molecule has 1 aromatic rings. The molecule has 7 nitrogen and oxygen atoms in total. The lowest BCUT2D eigenvalue weighted by Crippen LogP contribution is -2.49. The Labute approximate surface area is 155 Å². The zero-order valence-corrected chi connectivity index (χ0v) is 16.2. The maximum Gasteiger partial charge on any atom is 0.208 e. The van der Waals surface area contributed by atoms with Gasteiger partial charge in [0, 0.05) is 37.9 Å². The molecule has 146 valence electrons. The number of piperidine rings is 1. The third-order valence-electron chi connectivity index (χ3n) is 4.10. The van der Waals surface area contributed by atoms with Crippen LogP contribution in [-0.2, 0) is 10.0 Å². The minimum absolute atomic E-state index is 0.216. The highest BCUT2D eigenvalue weighted by molar-refractivity contribution is 7.88. The maximum absolute atomic E-state index is 13.4. The van der Waals surface area contributed by atoms with E-state index in [0.717, 1.165) is 44.4 Å². The first kappa shape index (κ1) is 20.4. The van der Waals surface area contributed by atoms with E-state index in [2.05, 4.69) is 25.2 Å². The van der Waals surface area contributed by atoms with E-state index in [4.69, 9.17) is 0 Å². The molecular formula is C17H28FN5O2S. The summed E-state index contributed by atoms with van der Waals surface area (Å²) in [5, 5.41) is 6.58. The second kappa shape index (κ2) is 9.72. The van der Waals surface area contributed by atoms with Crippen LogP contribution in [0.3, 0.4) is 0 Å². The molecule has 1 aromatic carbocycles. The average Bonchev–Trinajstić information content (AvgIpc) is 2.58. The lowest BCUT2D eigenvalue weighted by molar-refractivity contribution is 0.461. The molecule has 9 heteroatoms. The van der Waals surface area contributed by atoms with Gasteiger partial charge in [0.2, 0.25) is 10.0 Å². The van der Waals surface area contributed by atoms with Crippen molar-refractivity contribution < 1.29 is 12.8 Å².